The summed E-state index contributed by atoms with van der Waals surface area (Å²) in [5.41, 5.74) is 2.80. The van der Waals surface area contributed by atoms with Crippen LogP contribution >= 0.6 is 0 Å². The van der Waals surface area contributed by atoms with Crippen LogP contribution in [0, 0.1) is 0 Å². The first kappa shape index (κ1) is 8.69. The first-order valence-corrected chi connectivity index (χ1v) is 4.34. The summed E-state index contributed by atoms with van der Waals surface area (Å²) >= 11 is 0. The van der Waals surface area contributed by atoms with Gasteiger partial charge < -0.3 is 5.32 Å². The number of fused-ring (bicyclic) bond motifs is 1. The average molecular weight is 187 g/mol. The third-order valence-corrected chi connectivity index (χ3v) is 2.12. The van der Waals surface area contributed by atoms with E-state index in [0.29, 0.717) is 6.42 Å². The molecule has 1 amide bonds. The van der Waals surface area contributed by atoms with Crippen molar-refractivity contribution in [2.45, 2.75) is 6.42 Å². The highest BCUT2D eigenvalue weighted by atomic mass is 16.1. The second kappa shape index (κ2) is 3.46. The van der Waals surface area contributed by atoms with Crippen molar-refractivity contribution in [3.63, 3.8) is 0 Å². The molecule has 0 aromatic heterocycles. The van der Waals surface area contributed by atoms with Gasteiger partial charge in [-0.2, -0.15) is 0 Å². The summed E-state index contributed by atoms with van der Waals surface area (Å²) in [6.07, 6.45) is 4.32. The second-order valence-corrected chi connectivity index (χ2v) is 3.14. The van der Waals surface area contributed by atoms with Gasteiger partial charge in [0.2, 0.25) is 5.91 Å². The molecule has 1 N–H and O–H groups in total. The van der Waals surface area contributed by atoms with Gasteiger partial charge in [-0.05, 0) is 29.3 Å². The molecule has 1 aromatic carbocycles. The number of hydrogen-bond donors (Lipinski definition) is 1. The summed E-state index contributed by atoms with van der Waals surface area (Å²) in [6, 6.07) is 5.63. The van der Waals surface area contributed by atoms with Gasteiger partial charge in [-0.1, -0.05) is 12.1 Å². The molecule has 0 bridgehead atoms. The molecule has 3 heteroatoms. The zero-order valence-corrected chi connectivity index (χ0v) is 7.49. The number of anilines is 1. The van der Waals surface area contributed by atoms with E-state index in [1.54, 1.807) is 6.08 Å². The predicted octanol–water partition coefficient (Wildman–Crippen LogP) is 1.39. The minimum atomic E-state index is 0.0246. The highest BCUT2D eigenvalue weighted by molar-refractivity contribution is 5.99. The molecule has 1 aliphatic heterocycles. The van der Waals surface area contributed by atoms with Crippen molar-refractivity contribution in [2.75, 3.05) is 5.32 Å². The third kappa shape index (κ3) is 1.57. The molecular weight excluding hydrogens is 178 g/mol. The number of nitrogens with one attached hydrogen (secondary N) is 1. The van der Waals surface area contributed by atoms with Crippen LogP contribution in [0.15, 0.2) is 24.3 Å². The van der Waals surface area contributed by atoms with Gasteiger partial charge in [0, 0.05) is 5.69 Å². The first-order chi connectivity index (χ1) is 6.79. The minimum Gasteiger partial charge on any atom is -0.326 e. The maximum atomic E-state index is 11.0. The van der Waals surface area contributed by atoms with Gasteiger partial charge >= 0.3 is 0 Å². The van der Waals surface area contributed by atoms with E-state index in [4.69, 9.17) is 0 Å². The molecule has 1 aliphatic rings. The highest BCUT2D eigenvalue weighted by Gasteiger charge is 2.16. The van der Waals surface area contributed by atoms with Gasteiger partial charge in [0.1, 0.15) is 6.29 Å². The van der Waals surface area contributed by atoms with Crippen LogP contribution in [0.3, 0.4) is 0 Å². The number of aldehydes is 1. The molecule has 0 fully saturated rings. The Morgan fingerprint density at radius 2 is 2.21 bits per heavy atom. The van der Waals surface area contributed by atoms with Crippen LogP contribution < -0.4 is 5.32 Å². The number of hydrogen-bond acceptors (Lipinski definition) is 2. The Bertz CT molecular complexity index is 421. The Morgan fingerprint density at radius 3 is 3.00 bits per heavy atom. The monoisotopic (exact) mass is 187 g/mol. The number of allylic oxidation sites excluding steroid dienone is 1. The van der Waals surface area contributed by atoms with Crippen molar-refractivity contribution < 1.29 is 9.59 Å². The van der Waals surface area contributed by atoms with Crippen molar-refractivity contribution in [3.05, 3.63) is 35.4 Å². The zero-order valence-electron chi connectivity index (χ0n) is 7.49. The van der Waals surface area contributed by atoms with E-state index in [9.17, 15) is 9.59 Å². The van der Waals surface area contributed by atoms with E-state index < -0.39 is 0 Å². The zero-order chi connectivity index (χ0) is 9.97. The molecule has 14 heavy (non-hydrogen) atoms. The Balaban J connectivity index is 2.32. The lowest BCUT2D eigenvalue weighted by Crippen LogP contribution is -2.03. The summed E-state index contributed by atoms with van der Waals surface area (Å²) in [5.74, 6) is 0.0246. The highest BCUT2D eigenvalue weighted by Crippen LogP contribution is 2.24. The van der Waals surface area contributed by atoms with Crippen LogP contribution in [0.5, 0.6) is 0 Å². The Morgan fingerprint density at radius 1 is 1.36 bits per heavy atom. The summed E-state index contributed by atoms with van der Waals surface area (Å²) in [4.78, 5) is 21.2. The molecule has 1 heterocycles. The lowest BCUT2D eigenvalue weighted by molar-refractivity contribution is -0.115. The van der Waals surface area contributed by atoms with Crippen molar-refractivity contribution >= 4 is 24.0 Å². The molecule has 3 nitrogen and oxygen atoms in total. The molecule has 0 unspecified atom stereocenters. The SMILES string of the molecule is O=CC=Cc1ccc2c(c1)CC(=O)N2. The Kier molecular flexibility index (Phi) is 2.14. The van der Waals surface area contributed by atoms with Crippen molar-refractivity contribution in [3.8, 4) is 0 Å². The van der Waals surface area contributed by atoms with Crippen LogP contribution in [0.1, 0.15) is 11.1 Å². The smallest absolute Gasteiger partial charge is 0.228 e. The standard InChI is InChI=1S/C11H9NO2/c13-5-1-2-8-3-4-10-9(6-8)7-11(14)12-10/h1-6H,7H2,(H,12,14). The first-order valence-electron chi connectivity index (χ1n) is 4.34. The van der Waals surface area contributed by atoms with Gasteiger partial charge in [0.15, 0.2) is 0 Å². The fourth-order valence-electron chi connectivity index (χ4n) is 1.50. The van der Waals surface area contributed by atoms with Crippen LogP contribution in [-0.2, 0) is 16.0 Å². The average Bonchev–Trinajstić information content (AvgIpc) is 2.54. The van der Waals surface area contributed by atoms with E-state index in [-0.39, 0.29) is 5.91 Å². The van der Waals surface area contributed by atoms with E-state index in [0.717, 1.165) is 23.1 Å². The maximum Gasteiger partial charge on any atom is 0.228 e. The number of carbonyl (C=O) groups excluding carboxylic acids is 2. The van der Waals surface area contributed by atoms with E-state index in [1.807, 2.05) is 18.2 Å². The number of benzene rings is 1. The minimum absolute atomic E-state index is 0.0246. The van der Waals surface area contributed by atoms with Crippen molar-refractivity contribution in [2.24, 2.45) is 0 Å². The molecule has 0 spiro atoms. The van der Waals surface area contributed by atoms with E-state index in [1.165, 1.54) is 6.08 Å². The molecule has 0 saturated carbocycles. The van der Waals surface area contributed by atoms with Gasteiger partial charge in [-0.25, -0.2) is 0 Å². The fraction of sp³-hybridized carbons (Fsp3) is 0.0909. The van der Waals surface area contributed by atoms with Crippen molar-refractivity contribution in [1.82, 2.24) is 0 Å². The van der Waals surface area contributed by atoms with Crippen LogP contribution in [0.2, 0.25) is 0 Å². The second-order valence-electron chi connectivity index (χ2n) is 3.14. The van der Waals surface area contributed by atoms with Crippen molar-refractivity contribution in [1.29, 1.82) is 0 Å². The molecular formula is C11H9NO2. The van der Waals surface area contributed by atoms with Crippen LogP contribution in [-0.4, -0.2) is 12.2 Å². The van der Waals surface area contributed by atoms with Crippen LogP contribution in [0.25, 0.3) is 6.08 Å². The molecule has 0 saturated heterocycles. The lowest BCUT2D eigenvalue weighted by atomic mass is 10.1. The Hall–Kier alpha value is -1.90. The molecule has 0 atom stereocenters. The third-order valence-electron chi connectivity index (χ3n) is 2.12. The summed E-state index contributed by atoms with van der Waals surface area (Å²) < 4.78 is 0. The quantitative estimate of drug-likeness (QED) is 0.561. The topological polar surface area (TPSA) is 46.2 Å². The van der Waals surface area contributed by atoms with Gasteiger partial charge in [-0.15, -0.1) is 0 Å². The summed E-state index contributed by atoms with van der Waals surface area (Å²) in [5, 5.41) is 2.75. The lowest BCUT2D eigenvalue weighted by Gasteiger charge is -1.98. The number of amides is 1. The van der Waals surface area contributed by atoms with Gasteiger partial charge in [0.05, 0.1) is 6.42 Å². The molecule has 0 radical (unpaired) electrons. The molecule has 2 rings (SSSR count). The Labute approximate surface area is 81.4 Å². The maximum absolute atomic E-state index is 11.0. The number of carbonyl (C=O) groups is 2. The normalized spacial score (nSPS) is 14.1. The van der Waals surface area contributed by atoms with E-state index in [2.05, 4.69) is 5.32 Å². The molecule has 1 aromatic rings. The van der Waals surface area contributed by atoms with Gasteiger partial charge in [0.25, 0.3) is 0 Å². The fourth-order valence-corrected chi connectivity index (χ4v) is 1.50. The summed E-state index contributed by atoms with van der Waals surface area (Å²) in [7, 11) is 0. The predicted molar refractivity (Wildman–Crippen MR) is 53.9 cm³/mol. The number of rotatable bonds is 2. The van der Waals surface area contributed by atoms with Crippen LogP contribution in [0.4, 0.5) is 5.69 Å². The molecule has 70 valence electrons. The summed E-state index contributed by atoms with van der Waals surface area (Å²) in [6.45, 7) is 0. The largest absolute Gasteiger partial charge is 0.326 e. The molecule has 0 aliphatic carbocycles. The van der Waals surface area contributed by atoms with E-state index >= 15 is 0 Å². The van der Waals surface area contributed by atoms with Gasteiger partial charge in [-0.3, -0.25) is 9.59 Å².